The van der Waals surface area contributed by atoms with Gasteiger partial charge in [0.05, 0.1) is 16.5 Å². The van der Waals surface area contributed by atoms with Crippen LogP contribution >= 0.6 is 43.2 Å². The third kappa shape index (κ3) is 3.75. The molecular weight excluding hydrogens is 406 g/mol. The van der Waals surface area contributed by atoms with Gasteiger partial charge in [0.2, 0.25) is 0 Å². The van der Waals surface area contributed by atoms with Gasteiger partial charge in [-0.05, 0) is 74.0 Å². The lowest BCUT2D eigenvalue weighted by atomic mass is 10.1. The molecule has 108 valence electrons. The maximum absolute atomic E-state index is 5.89. The summed E-state index contributed by atoms with van der Waals surface area (Å²) >= 11 is 8.69. The molecule has 0 saturated heterocycles. The van der Waals surface area contributed by atoms with E-state index in [0.717, 1.165) is 31.6 Å². The van der Waals surface area contributed by atoms with Gasteiger partial charge < -0.3 is 15.2 Å². The average molecular weight is 421 g/mol. The topological polar surface area (TPSA) is 44.5 Å². The summed E-state index contributed by atoms with van der Waals surface area (Å²) in [7, 11) is 1.64. The average Bonchev–Trinajstić information content (AvgIpc) is 2.83. The maximum atomic E-state index is 5.89. The Labute approximate surface area is 139 Å². The van der Waals surface area contributed by atoms with Crippen LogP contribution in [0.1, 0.15) is 10.4 Å². The molecule has 0 radical (unpaired) electrons. The van der Waals surface area contributed by atoms with Gasteiger partial charge in [0.1, 0.15) is 6.61 Å². The number of thiophene rings is 1. The van der Waals surface area contributed by atoms with Crippen molar-refractivity contribution in [3.63, 3.8) is 0 Å². The molecule has 0 unspecified atom stereocenters. The first-order valence-electron chi connectivity index (χ1n) is 6.07. The fraction of sp³-hybridized carbons (Fsp3) is 0.286. The standard InChI is InChI=1S/C14H15Br2NO2S/c1-18-12-7-9(2-4-17)6-11(16)14(12)19-8-13-10(15)3-5-20-13/h3,5-7H,2,4,8,17H2,1H3. The summed E-state index contributed by atoms with van der Waals surface area (Å²) in [6, 6.07) is 6.00. The predicted molar refractivity (Wildman–Crippen MR) is 89.8 cm³/mol. The molecule has 20 heavy (non-hydrogen) atoms. The summed E-state index contributed by atoms with van der Waals surface area (Å²) < 4.78 is 13.3. The highest BCUT2D eigenvalue weighted by Crippen LogP contribution is 2.38. The van der Waals surface area contributed by atoms with Crippen LogP contribution in [-0.2, 0) is 13.0 Å². The fourth-order valence-corrected chi connectivity index (χ4v) is 3.77. The summed E-state index contributed by atoms with van der Waals surface area (Å²) in [5.74, 6) is 1.43. The van der Waals surface area contributed by atoms with Gasteiger partial charge >= 0.3 is 0 Å². The van der Waals surface area contributed by atoms with E-state index in [-0.39, 0.29) is 0 Å². The number of nitrogens with two attached hydrogens (primary N) is 1. The Hall–Kier alpha value is -0.560. The van der Waals surface area contributed by atoms with E-state index in [9.17, 15) is 0 Å². The minimum Gasteiger partial charge on any atom is -0.493 e. The fourth-order valence-electron chi connectivity index (χ4n) is 1.79. The second-order valence-electron chi connectivity index (χ2n) is 4.13. The summed E-state index contributed by atoms with van der Waals surface area (Å²) in [5.41, 5.74) is 6.71. The van der Waals surface area contributed by atoms with E-state index in [0.29, 0.717) is 18.9 Å². The van der Waals surface area contributed by atoms with Crippen molar-refractivity contribution in [3.8, 4) is 11.5 Å². The second kappa shape index (κ2) is 7.45. The van der Waals surface area contributed by atoms with Gasteiger partial charge in [-0.15, -0.1) is 11.3 Å². The molecule has 2 N–H and O–H groups in total. The van der Waals surface area contributed by atoms with Crippen LogP contribution in [0.2, 0.25) is 0 Å². The molecule has 0 atom stereocenters. The van der Waals surface area contributed by atoms with Crippen LogP contribution in [0.3, 0.4) is 0 Å². The molecule has 0 aliphatic carbocycles. The zero-order chi connectivity index (χ0) is 14.5. The summed E-state index contributed by atoms with van der Waals surface area (Å²) in [6.45, 7) is 1.11. The van der Waals surface area contributed by atoms with E-state index in [2.05, 4.69) is 31.9 Å². The molecule has 3 nitrogen and oxygen atoms in total. The molecule has 0 spiro atoms. The number of halogens is 2. The molecule has 0 aliphatic heterocycles. The normalized spacial score (nSPS) is 10.6. The van der Waals surface area contributed by atoms with Crippen LogP contribution < -0.4 is 15.2 Å². The van der Waals surface area contributed by atoms with E-state index in [1.54, 1.807) is 18.4 Å². The Morgan fingerprint density at radius 1 is 1.25 bits per heavy atom. The highest BCUT2D eigenvalue weighted by atomic mass is 79.9. The number of rotatable bonds is 6. The highest BCUT2D eigenvalue weighted by molar-refractivity contribution is 9.10. The van der Waals surface area contributed by atoms with E-state index in [1.807, 2.05) is 23.6 Å². The number of hydrogen-bond acceptors (Lipinski definition) is 4. The molecule has 0 fully saturated rings. The minimum atomic E-state index is 0.503. The largest absolute Gasteiger partial charge is 0.493 e. The van der Waals surface area contributed by atoms with E-state index >= 15 is 0 Å². The van der Waals surface area contributed by atoms with E-state index in [1.165, 1.54) is 0 Å². The van der Waals surface area contributed by atoms with Crippen molar-refractivity contribution in [1.29, 1.82) is 0 Å². The summed E-state index contributed by atoms with van der Waals surface area (Å²) in [6.07, 6.45) is 0.811. The van der Waals surface area contributed by atoms with Crippen molar-refractivity contribution in [1.82, 2.24) is 0 Å². The van der Waals surface area contributed by atoms with Crippen molar-refractivity contribution in [3.05, 3.63) is 43.0 Å². The van der Waals surface area contributed by atoms with Crippen molar-refractivity contribution in [2.75, 3.05) is 13.7 Å². The maximum Gasteiger partial charge on any atom is 0.175 e. The van der Waals surface area contributed by atoms with Crippen LogP contribution in [0.4, 0.5) is 0 Å². The van der Waals surface area contributed by atoms with Crippen LogP contribution in [0.5, 0.6) is 11.5 Å². The van der Waals surface area contributed by atoms with Gasteiger partial charge in [-0.3, -0.25) is 0 Å². The van der Waals surface area contributed by atoms with Crippen LogP contribution in [0.15, 0.2) is 32.5 Å². The molecule has 2 aromatic rings. The lowest BCUT2D eigenvalue weighted by Crippen LogP contribution is -2.04. The van der Waals surface area contributed by atoms with Crippen LogP contribution in [-0.4, -0.2) is 13.7 Å². The number of hydrogen-bond donors (Lipinski definition) is 1. The Bertz CT molecular complexity index is 587. The molecule has 6 heteroatoms. The number of ether oxygens (including phenoxy) is 2. The predicted octanol–water partition coefficient (Wildman–Crippen LogP) is 4.36. The second-order valence-corrected chi connectivity index (χ2v) is 6.84. The Kier molecular flexibility index (Phi) is 5.89. The quantitative estimate of drug-likeness (QED) is 0.754. The smallest absolute Gasteiger partial charge is 0.175 e. The van der Waals surface area contributed by atoms with Crippen LogP contribution in [0.25, 0.3) is 0 Å². The van der Waals surface area contributed by atoms with Crippen molar-refractivity contribution < 1.29 is 9.47 Å². The molecule has 0 amide bonds. The minimum absolute atomic E-state index is 0.503. The lowest BCUT2D eigenvalue weighted by molar-refractivity contribution is 0.284. The van der Waals surface area contributed by atoms with Crippen molar-refractivity contribution in [2.24, 2.45) is 5.73 Å². The Morgan fingerprint density at radius 2 is 2.05 bits per heavy atom. The molecular formula is C14H15Br2NO2S. The molecule has 2 rings (SSSR count). The third-order valence-corrected chi connectivity index (χ3v) is 5.25. The summed E-state index contributed by atoms with van der Waals surface area (Å²) in [5, 5.41) is 2.03. The van der Waals surface area contributed by atoms with Gasteiger partial charge in [-0.1, -0.05) is 0 Å². The highest BCUT2D eigenvalue weighted by Gasteiger charge is 2.13. The van der Waals surface area contributed by atoms with E-state index < -0.39 is 0 Å². The SMILES string of the molecule is COc1cc(CCN)cc(Br)c1OCc1sccc1Br. The Balaban J connectivity index is 2.20. The van der Waals surface area contributed by atoms with Gasteiger partial charge in [-0.25, -0.2) is 0 Å². The molecule has 0 aliphatic rings. The first-order chi connectivity index (χ1) is 9.65. The molecule has 1 aromatic heterocycles. The van der Waals surface area contributed by atoms with Gasteiger partial charge in [0, 0.05) is 4.47 Å². The number of benzene rings is 1. The first kappa shape index (κ1) is 15.8. The summed E-state index contributed by atoms with van der Waals surface area (Å²) in [4.78, 5) is 1.14. The van der Waals surface area contributed by atoms with Crippen LogP contribution in [0, 0.1) is 0 Å². The zero-order valence-corrected chi connectivity index (χ0v) is 15.0. The van der Waals surface area contributed by atoms with Gasteiger partial charge in [0.15, 0.2) is 11.5 Å². The van der Waals surface area contributed by atoms with Crippen molar-refractivity contribution >= 4 is 43.2 Å². The van der Waals surface area contributed by atoms with Gasteiger partial charge in [-0.2, -0.15) is 0 Å². The van der Waals surface area contributed by atoms with E-state index in [4.69, 9.17) is 15.2 Å². The number of methoxy groups -OCH3 is 1. The molecule has 0 saturated carbocycles. The molecule has 1 heterocycles. The first-order valence-corrected chi connectivity index (χ1v) is 8.53. The Morgan fingerprint density at radius 3 is 2.65 bits per heavy atom. The monoisotopic (exact) mass is 419 g/mol. The van der Waals surface area contributed by atoms with Crippen molar-refractivity contribution in [2.45, 2.75) is 13.0 Å². The third-order valence-electron chi connectivity index (χ3n) is 2.76. The molecule has 1 aromatic carbocycles. The molecule has 0 bridgehead atoms. The lowest BCUT2D eigenvalue weighted by Gasteiger charge is -2.14. The van der Waals surface area contributed by atoms with Gasteiger partial charge in [0.25, 0.3) is 0 Å². The zero-order valence-electron chi connectivity index (χ0n) is 11.0.